The van der Waals surface area contributed by atoms with Gasteiger partial charge in [-0.05, 0) is 65.0 Å². The van der Waals surface area contributed by atoms with Gasteiger partial charge in [-0.3, -0.25) is 0 Å². The number of nitrogens with zero attached hydrogens (tertiary/aromatic N) is 1. The van der Waals surface area contributed by atoms with Crippen LogP contribution >= 0.6 is 15.9 Å². The molecule has 0 radical (unpaired) electrons. The smallest absolute Gasteiger partial charge is 0.0458 e. The molecule has 1 heterocycles. The highest BCUT2D eigenvalue weighted by atomic mass is 79.9. The maximum Gasteiger partial charge on any atom is 0.0458 e. The molecule has 3 rings (SSSR count). The van der Waals surface area contributed by atoms with Crippen LogP contribution in [0.4, 0.5) is 11.4 Å². The van der Waals surface area contributed by atoms with E-state index in [0.29, 0.717) is 6.04 Å². The first kappa shape index (κ1) is 13.5. The number of anilines is 2. The van der Waals surface area contributed by atoms with Crippen molar-refractivity contribution < 1.29 is 0 Å². The highest BCUT2D eigenvalue weighted by Crippen LogP contribution is 2.32. The SMILES string of the molecule is CC1CCc2ccccc2N1Cc1ccc(N)c(Br)c1. The Morgan fingerprint density at radius 2 is 2.05 bits per heavy atom. The van der Waals surface area contributed by atoms with Gasteiger partial charge >= 0.3 is 0 Å². The second kappa shape index (κ2) is 5.49. The topological polar surface area (TPSA) is 29.3 Å². The summed E-state index contributed by atoms with van der Waals surface area (Å²) in [5.41, 5.74) is 10.8. The van der Waals surface area contributed by atoms with Crippen LogP contribution in [-0.2, 0) is 13.0 Å². The predicted octanol–water partition coefficient (Wildman–Crippen LogP) is 4.37. The van der Waals surface area contributed by atoms with Gasteiger partial charge in [0.1, 0.15) is 0 Å². The molecule has 1 unspecified atom stereocenters. The number of benzene rings is 2. The number of hydrogen-bond acceptors (Lipinski definition) is 2. The number of para-hydroxylation sites is 1. The molecule has 0 aromatic heterocycles. The first-order valence-corrected chi connectivity index (χ1v) is 7.83. The van der Waals surface area contributed by atoms with Crippen molar-refractivity contribution in [3.8, 4) is 0 Å². The van der Waals surface area contributed by atoms with Crippen molar-refractivity contribution in [2.45, 2.75) is 32.4 Å². The van der Waals surface area contributed by atoms with E-state index in [0.717, 1.165) is 16.7 Å². The summed E-state index contributed by atoms with van der Waals surface area (Å²) in [6.45, 7) is 3.24. The maximum atomic E-state index is 5.87. The normalized spacial score (nSPS) is 17.9. The van der Waals surface area contributed by atoms with Crippen LogP contribution in [0.3, 0.4) is 0 Å². The summed E-state index contributed by atoms with van der Waals surface area (Å²) in [7, 11) is 0. The number of nitrogens with two attached hydrogens (primary N) is 1. The van der Waals surface area contributed by atoms with Gasteiger partial charge in [-0.2, -0.15) is 0 Å². The number of aryl methyl sites for hydroxylation is 1. The molecular formula is C17H19BrN2. The van der Waals surface area contributed by atoms with E-state index in [1.165, 1.54) is 29.7 Å². The molecule has 0 spiro atoms. The van der Waals surface area contributed by atoms with Crippen LogP contribution in [0.15, 0.2) is 46.9 Å². The number of hydrogen-bond donors (Lipinski definition) is 1. The van der Waals surface area contributed by atoms with Crippen LogP contribution in [0.1, 0.15) is 24.5 Å². The van der Waals surface area contributed by atoms with Crippen molar-refractivity contribution in [3.05, 3.63) is 58.1 Å². The minimum absolute atomic E-state index is 0.571. The van der Waals surface area contributed by atoms with Crippen LogP contribution in [0, 0.1) is 0 Å². The van der Waals surface area contributed by atoms with Crippen molar-refractivity contribution in [3.63, 3.8) is 0 Å². The first-order chi connectivity index (χ1) is 9.65. The van der Waals surface area contributed by atoms with Gasteiger partial charge in [-0.25, -0.2) is 0 Å². The molecule has 1 atom stereocenters. The van der Waals surface area contributed by atoms with E-state index in [1.54, 1.807) is 0 Å². The molecule has 0 bridgehead atoms. The monoisotopic (exact) mass is 330 g/mol. The molecule has 0 aliphatic carbocycles. The Balaban J connectivity index is 1.91. The lowest BCUT2D eigenvalue weighted by Gasteiger charge is -2.37. The molecule has 1 aliphatic heterocycles. The molecule has 0 saturated carbocycles. The highest BCUT2D eigenvalue weighted by molar-refractivity contribution is 9.10. The van der Waals surface area contributed by atoms with E-state index in [2.05, 4.69) is 64.2 Å². The van der Waals surface area contributed by atoms with Gasteiger partial charge in [-0.15, -0.1) is 0 Å². The number of fused-ring (bicyclic) bond motifs is 1. The molecule has 3 heteroatoms. The van der Waals surface area contributed by atoms with Gasteiger partial charge in [-0.1, -0.05) is 24.3 Å². The summed E-state index contributed by atoms with van der Waals surface area (Å²) in [5.74, 6) is 0. The van der Waals surface area contributed by atoms with E-state index in [9.17, 15) is 0 Å². The molecular weight excluding hydrogens is 312 g/mol. The maximum absolute atomic E-state index is 5.87. The summed E-state index contributed by atoms with van der Waals surface area (Å²) in [6.07, 6.45) is 2.40. The lowest BCUT2D eigenvalue weighted by Crippen LogP contribution is -2.36. The summed E-state index contributed by atoms with van der Waals surface area (Å²) in [5, 5.41) is 0. The van der Waals surface area contributed by atoms with Crippen molar-refractivity contribution in [1.82, 2.24) is 0 Å². The molecule has 0 fully saturated rings. The molecule has 0 amide bonds. The third kappa shape index (κ3) is 2.55. The Morgan fingerprint density at radius 1 is 1.25 bits per heavy atom. The first-order valence-electron chi connectivity index (χ1n) is 7.03. The van der Waals surface area contributed by atoms with Gasteiger partial charge in [0.15, 0.2) is 0 Å². The average molecular weight is 331 g/mol. The van der Waals surface area contributed by atoms with E-state index in [-0.39, 0.29) is 0 Å². The zero-order valence-electron chi connectivity index (χ0n) is 11.6. The van der Waals surface area contributed by atoms with Gasteiger partial charge in [0, 0.05) is 28.4 Å². The van der Waals surface area contributed by atoms with Gasteiger partial charge in [0.05, 0.1) is 0 Å². The Bertz CT molecular complexity index is 624. The van der Waals surface area contributed by atoms with Gasteiger partial charge in [0.25, 0.3) is 0 Å². The van der Waals surface area contributed by atoms with Crippen LogP contribution < -0.4 is 10.6 Å². The van der Waals surface area contributed by atoms with E-state index < -0.39 is 0 Å². The molecule has 0 saturated heterocycles. The Kier molecular flexibility index (Phi) is 3.70. The Hall–Kier alpha value is -1.48. The van der Waals surface area contributed by atoms with Crippen LogP contribution in [0.2, 0.25) is 0 Å². The minimum Gasteiger partial charge on any atom is -0.398 e. The van der Waals surface area contributed by atoms with Crippen LogP contribution in [0.25, 0.3) is 0 Å². The molecule has 1 aliphatic rings. The van der Waals surface area contributed by atoms with Crippen molar-refractivity contribution >= 4 is 27.3 Å². The number of rotatable bonds is 2. The third-order valence-corrected chi connectivity index (χ3v) is 4.77. The van der Waals surface area contributed by atoms with Crippen molar-refractivity contribution in [1.29, 1.82) is 0 Å². The molecule has 2 aromatic rings. The number of halogens is 1. The third-order valence-electron chi connectivity index (χ3n) is 4.08. The highest BCUT2D eigenvalue weighted by Gasteiger charge is 2.22. The fraction of sp³-hybridized carbons (Fsp3) is 0.294. The second-order valence-corrected chi connectivity index (χ2v) is 6.35. The summed E-state index contributed by atoms with van der Waals surface area (Å²) in [4.78, 5) is 2.50. The van der Waals surface area contributed by atoms with E-state index >= 15 is 0 Å². The zero-order valence-corrected chi connectivity index (χ0v) is 13.2. The minimum atomic E-state index is 0.571. The van der Waals surface area contributed by atoms with Crippen molar-refractivity contribution in [2.75, 3.05) is 10.6 Å². The average Bonchev–Trinajstić information content (AvgIpc) is 2.46. The van der Waals surface area contributed by atoms with Crippen LogP contribution in [0.5, 0.6) is 0 Å². The molecule has 104 valence electrons. The summed E-state index contributed by atoms with van der Waals surface area (Å²) in [6, 6.07) is 15.5. The fourth-order valence-corrected chi connectivity index (χ4v) is 3.29. The number of nitrogen functional groups attached to an aromatic ring is 1. The standard InChI is InChI=1S/C17H19BrN2/c1-12-6-8-14-4-2-3-5-17(14)20(12)11-13-7-9-16(19)15(18)10-13/h2-5,7,9-10,12H,6,8,11,19H2,1H3. The summed E-state index contributed by atoms with van der Waals surface area (Å²) >= 11 is 3.51. The zero-order chi connectivity index (χ0) is 14.1. The molecule has 2 N–H and O–H groups in total. The lowest BCUT2D eigenvalue weighted by atomic mass is 9.96. The largest absolute Gasteiger partial charge is 0.398 e. The lowest BCUT2D eigenvalue weighted by molar-refractivity contribution is 0.560. The quantitative estimate of drug-likeness (QED) is 0.828. The Labute approximate surface area is 128 Å². The van der Waals surface area contributed by atoms with Gasteiger partial charge < -0.3 is 10.6 Å². The molecule has 20 heavy (non-hydrogen) atoms. The van der Waals surface area contributed by atoms with E-state index in [1.807, 2.05) is 6.07 Å². The molecule has 2 aromatic carbocycles. The summed E-state index contributed by atoms with van der Waals surface area (Å²) < 4.78 is 0.980. The second-order valence-electron chi connectivity index (χ2n) is 5.50. The predicted molar refractivity (Wildman–Crippen MR) is 89.0 cm³/mol. The Morgan fingerprint density at radius 3 is 2.85 bits per heavy atom. The van der Waals surface area contributed by atoms with Crippen LogP contribution in [-0.4, -0.2) is 6.04 Å². The van der Waals surface area contributed by atoms with E-state index in [4.69, 9.17) is 5.73 Å². The fourth-order valence-electron chi connectivity index (χ4n) is 2.87. The van der Waals surface area contributed by atoms with Gasteiger partial charge in [0.2, 0.25) is 0 Å². The molecule has 2 nitrogen and oxygen atoms in total. The van der Waals surface area contributed by atoms with Crippen molar-refractivity contribution in [2.24, 2.45) is 0 Å².